The molecule has 0 radical (unpaired) electrons. The Bertz CT molecular complexity index is 191. The fraction of sp³-hybridized carbons (Fsp3) is 1.00. The second-order valence-corrected chi connectivity index (χ2v) is 5.37. The highest BCUT2D eigenvalue weighted by Gasteiger charge is 2.61. The summed E-state index contributed by atoms with van der Waals surface area (Å²) in [5.41, 5.74) is 0. The summed E-state index contributed by atoms with van der Waals surface area (Å²) in [6, 6.07) is 0.880. The first-order valence-corrected chi connectivity index (χ1v) is 6.04. The van der Waals surface area contributed by atoms with Crippen molar-refractivity contribution in [3.63, 3.8) is 0 Å². The number of hydrogen-bond donors (Lipinski definition) is 1. The number of hydrogen-bond acceptors (Lipinski definition) is 1. The average molecular weight is 179 g/mol. The molecular weight excluding hydrogens is 158 g/mol. The fourth-order valence-electron chi connectivity index (χ4n) is 4.86. The van der Waals surface area contributed by atoms with E-state index in [-0.39, 0.29) is 0 Å². The molecule has 1 N–H and O–H groups in total. The normalized spacial score (nSPS) is 57.7. The lowest BCUT2D eigenvalue weighted by Crippen LogP contribution is -2.59. The van der Waals surface area contributed by atoms with Gasteiger partial charge in [0.1, 0.15) is 0 Å². The van der Waals surface area contributed by atoms with E-state index < -0.39 is 0 Å². The molecule has 13 heavy (non-hydrogen) atoms. The Labute approximate surface area is 81.3 Å². The summed E-state index contributed by atoms with van der Waals surface area (Å²) < 4.78 is 0. The number of rotatable bonds is 2. The van der Waals surface area contributed by atoms with E-state index in [0.29, 0.717) is 0 Å². The maximum absolute atomic E-state index is 3.56. The van der Waals surface area contributed by atoms with Crippen molar-refractivity contribution in [1.82, 2.24) is 5.32 Å². The van der Waals surface area contributed by atoms with E-state index >= 15 is 0 Å². The van der Waals surface area contributed by atoms with Crippen LogP contribution in [0.4, 0.5) is 0 Å². The second-order valence-electron chi connectivity index (χ2n) is 5.37. The fourth-order valence-corrected chi connectivity index (χ4v) is 4.86. The summed E-state index contributed by atoms with van der Waals surface area (Å²) in [5.74, 6) is 5.46. The van der Waals surface area contributed by atoms with Gasteiger partial charge in [-0.2, -0.15) is 0 Å². The molecule has 74 valence electrons. The molecule has 3 rings (SSSR count). The molecule has 0 spiro atoms. The first-order chi connectivity index (χ1) is 6.36. The minimum absolute atomic E-state index is 0.880. The third-order valence-corrected chi connectivity index (χ3v) is 5.22. The van der Waals surface area contributed by atoms with Gasteiger partial charge in [-0.25, -0.2) is 0 Å². The summed E-state index contributed by atoms with van der Waals surface area (Å²) in [7, 11) is 2.16. The van der Waals surface area contributed by atoms with Gasteiger partial charge in [-0.15, -0.1) is 0 Å². The van der Waals surface area contributed by atoms with Gasteiger partial charge in [-0.3, -0.25) is 0 Å². The van der Waals surface area contributed by atoms with E-state index in [9.17, 15) is 0 Å². The zero-order valence-electron chi connectivity index (χ0n) is 8.79. The lowest BCUT2D eigenvalue weighted by Gasteiger charge is -2.54. The molecule has 0 saturated heterocycles. The molecule has 3 aliphatic rings. The van der Waals surface area contributed by atoms with Gasteiger partial charge in [0.15, 0.2) is 0 Å². The predicted octanol–water partition coefficient (Wildman–Crippen LogP) is 2.28. The Morgan fingerprint density at radius 3 is 2.46 bits per heavy atom. The third-order valence-electron chi connectivity index (χ3n) is 5.22. The summed E-state index contributed by atoms with van der Waals surface area (Å²) in [6.07, 6.45) is 6.07. The summed E-state index contributed by atoms with van der Waals surface area (Å²) in [6.45, 7) is 2.37. The SMILES string of the molecule is CCC1C(NC)C2C3CCC(C3)C12. The molecule has 6 atom stereocenters. The first kappa shape index (κ1) is 8.28. The van der Waals surface area contributed by atoms with Gasteiger partial charge < -0.3 is 5.32 Å². The topological polar surface area (TPSA) is 12.0 Å². The molecule has 0 aromatic carbocycles. The highest BCUT2D eigenvalue weighted by atomic mass is 14.9. The highest BCUT2D eigenvalue weighted by Crippen LogP contribution is 2.64. The maximum atomic E-state index is 3.56. The van der Waals surface area contributed by atoms with E-state index in [4.69, 9.17) is 0 Å². The van der Waals surface area contributed by atoms with Crippen LogP contribution in [0, 0.1) is 29.6 Å². The molecule has 3 fully saturated rings. The van der Waals surface area contributed by atoms with E-state index in [1.165, 1.54) is 6.42 Å². The molecule has 0 aromatic rings. The van der Waals surface area contributed by atoms with Crippen molar-refractivity contribution in [2.24, 2.45) is 29.6 Å². The number of fused-ring (bicyclic) bond motifs is 5. The minimum Gasteiger partial charge on any atom is -0.316 e. The van der Waals surface area contributed by atoms with Crippen LogP contribution in [0.15, 0.2) is 0 Å². The summed E-state index contributed by atoms with van der Waals surface area (Å²) >= 11 is 0. The molecular formula is C12H21N. The van der Waals surface area contributed by atoms with Crippen molar-refractivity contribution >= 4 is 0 Å². The van der Waals surface area contributed by atoms with E-state index in [1.807, 2.05) is 0 Å². The Kier molecular flexibility index (Phi) is 1.74. The largest absolute Gasteiger partial charge is 0.316 e. The molecule has 6 unspecified atom stereocenters. The van der Waals surface area contributed by atoms with Gasteiger partial charge >= 0.3 is 0 Å². The van der Waals surface area contributed by atoms with E-state index in [0.717, 1.165) is 35.6 Å². The number of nitrogens with one attached hydrogen (secondary N) is 1. The van der Waals surface area contributed by atoms with Gasteiger partial charge in [0, 0.05) is 6.04 Å². The maximum Gasteiger partial charge on any atom is 0.0129 e. The quantitative estimate of drug-likeness (QED) is 0.685. The zero-order valence-corrected chi connectivity index (χ0v) is 8.79. The van der Waals surface area contributed by atoms with Crippen LogP contribution in [-0.2, 0) is 0 Å². The van der Waals surface area contributed by atoms with Crippen molar-refractivity contribution in [3.05, 3.63) is 0 Å². The second kappa shape index (κ2) is 2.73. The minimum atomic E-state index is 0.880. The molecule has 1 nitrogen and oxygen atoms in total. The molecule has 3 aliphatic carbocycles. The van der Waals surface area contributed by atoms with Gasteiger partial charge in [0.05, 0.1) is 0 Å². The van der Waals surface area contributed by atoms with Crippen LogP contribution in [0.3, 0.4) is 0 Å². The molecule has 0 heterocycles. The summed E-state index contributed by atoms with van der Waals surface area (Å²) in [5, 5.41) is 3.56. The lowest BCUT2D eigenvalue weighted by atomic mass is 9.54. The van der Waals surface area contributed by atoms with Crippen LogP contribution in [0.2, 0.25) is 0 Å². The Morgan fingerprint density at radius 2 is 1.85 bits per heavy atom. The van der Waals surface area contributed by atoms with E-state index in [2.05, 4.69) is 19.3 Å². The molecule has 0 amide bonds. The first-order valence-electron chi connectivity index (χ1n) is 6.04. The van der Waals surface area contributed by atoms with E-state index in [1.54, 1.807) is 19.3 Å². The van der Waals surface area contributed by atoms with Crippen molar-refractivity contribution < 1.29 is 0 Å². The standard InChI is InChI=1S/C12H21N/c1-3-9-10-7-4-5-8(6-7)11(10)12(9)13-2/h7-13H,3-6H2,1-2H3. The average Bonchev–Trinajstić information content (AvgIpc) is 2.63. The highest BCUT2D eigenvalue weighted by molar-refractivity contribution is 5.12. The van der Waals surface area contributed by atoms with Crippen LogP contribution in [0.5, 0.6) is 0 Å². The lowest BCUT2D eigenvalue weighted by molar-refractivity contribution is -0.0270. The zero-order chi connectivity index (χ0) is 9.00. The van der Waals surface area contributed by atoms with Crippen LogP contribution >= 0.6 is 0 Å². The summed E-state index contributed by atoms with van der Waals surface area (Å²) in [4.78, 5) is 0. The Balaban J connectivity index is 1.81. The van der Waals surface area contributed by atoms with Crippen LogP contribution in [-0.4, -0.2) is 13.1 Å². The predicted molar refractivity (Wildman–Crippen MR) is 54.4 cm³/mol. The van der Waals surface area contributed by atoms with Crippen LogP contribution in [0.25, 0.3) is 0 Å². The smallest absolute Gasteiger partial charge is 0.0129 e. The third kappa shape index (κ3) is 0.869. The van der Waals surface area contributed by atoms with Gasteiger partial charge in [-0.05, 0) is 55.9 Å². The van der Waals surface area contributed by atoms with Gasteiger partial charge in [0.2, 0.25) is 0 Å². The Morgan fingerprint density at radius 1 is 1.15 bits per heavy atom. The molecule has 0 aliphatic heterocycles. The molecule has 3 saturated carbocycles. The molecule has 2 bridgehead atoms. The van der Waals surface area contributed by atoms with Crippen molar-refractivity contribution in [2.45, 2.75) is 38.6 Å². The van der Waals surface area contributed by atoms with Crippen LogP contribution in [0.1, 0.15) is 32.6 Å². The van der Waals surface area contributed by atoms with Crippen LogP contribution < -0.4 is 5.32 Å². The van der Waals surface area contributed by atoms with Gasteiger partial charge in [0.25, 0.3) is 0 Å². The van der Waals surface area contributed by atoms with Crippen molar-refractivity contribution in [3.8, 4) is 0 Å². The molecule has 1 heteroatoms. The van der Waals surface area contributed by atoms with Crippen molar-refractivity contribution in [1.29, 1.82) is 0 Å². The monoisotopic (exact) mass is 179 g/mol. The Hall–Kier alpha value is -0.0400. The van der Waals surface area contributed by atoms with Crippen molar-refractivity contribution in [2.75, 3.05) is 7.05 Å². The van der Waals surface area contributed by atoms with Gasteiger partial charge in [-0.1, -0.05) is 13.3 Å². The molecule has 0 aromatic heterocycles.